The molecule has 0 bridgehead atoms. The van der Waals surface area contributed by atoms with Crippen LogP contribution in [0.15, 0.2) is 85.1 Å². The van der Waals surface area contributed by atoms with E-state index in [-0.39, 0.29) is 0 Å². The van der Waals surface area contributed by atoms with Gasteiger partial charge in [0.2, 0.25) is 0 Å². The molecule has 4 aromatic rings. The Morgan fingerprint density at radius 2 is 1.58 bits per heavy atom. The number of rotatable bonds is 5. The van der Waals surface area contributed by atoms with Gasteiger partial charge in [0.05, 0.1) is 12.1 Å². The molecule has 0 saturated heterocycles. The van der Waals surface area contributed by atoms with Crippen LogP contribution in [0.4, 0.5) is 11.4 Å². The Hall–Kier alpha value is -3.33. The molecule has 0 aliphatic rings. The number of fused-ring (bicyclic) bond motifs is 1. The Kier molecular flexibility index (Phi) is 4.52. The van der Waals surface area contributed by atoms with E-state index in [0.29, 0.717) is 6.61 Å². The third-order valence-corrected chi connectivity index (χ3v) is 4.29. The average molecular weight is 340 g/mol. The maximum atomic E-state index is 5.52. The van der Waals surface area contributed by atoms with Gasteiger partial charge < -0.3 is 10.1 Å². The van der Waals surface area contributed by atoms with Crippen molar-refractivity contribution in [3.05, 3.63) is 85.1 Å². The molecule has 0 saturated carbocycles. The van der Waals surface area contributed by atoms with Gasteiger partial charge in [0.15, 0.2) is 0 Å². The molecule has 1 aromatic heterocycles. The van der Waals surface area contributed by atoms with Crippen LogP contribution in [0.2, 0.25) is 0 Å². The van der Waals surface area contributed by atoms with E-state index < -0.39 is 0 Å². The first-order chi connectivity index (χ1) is 12.8. The zero-order valence-electron chi connectivity index (χ0n) is 14.6. The summed E-state index contributed by atoms with van der Waals surface area (Å²) < 4.78 is 5.52. The normalized spacial score (nSPS) is 10.7. The SMILES string of the molecule is CCOc1ccc(Nc2ccccc2-c2cccc3cccnc23)cc1. The lowest BCUT2D eigenvalue weighted by Crippen LogP contribution is -1.95. The fraction of sp³-hybridized carbons (Fsp3) is 0.0870. The van der Waals surface area contributed by atoms with Crippen molar-refractivity contribution in [2.45, 2.75) is 6.92 Å². The van der Waals surface area contributed by atoms with Gasteiger partial charge in [0, 0.05) is 34.1 Å². The number of anilines is 2. The Balaban J connectivity index is 1.73. The summed E-state index contributed by atoms with van der Waals surface area (Å²) in [7, 11) is 0. The summed E-state index contributed by atoms with van der Waals surface area (Å²) in [5.41, 5.74) is 5.34. The number of ether oxygens (including phenoxy) is 1. The van der Waals surface area contributed by atoms with Crippen LogP contribution in [0.25, 0.3) is 22.0 Å². The van der Waals surface area contributed by atoms with Crippen LogP contribution in [-0.4, -0.2) is 11.6 Å². The maximum Gasteiger partial charge on any atom is 0.119 e. The molecule has 0 aliphatic heterocycles. The minimum atomic E-state index is 0.670. The van der Waals surface area contributed by atoms with Gasteiger partial charge in [0.25, 0.3) is 0 Å². The second-order valence-electron chi connectivity index (χ2n) is 6.01. The van der Waals surface area contributed by atoms with Gasteiger partial charge in [-0.15, -0.1) is 0 Å². The molecule has 0 radical (unpaired) electrons. The molecule has 0 aliphatic carbocycles. The van der Waals surface area contributed by atoms with Gasteiger partial charge >= 0.3 is 0 Å². The minimum Gasteiger partial charge on any atom is -0.494 e. The summed E-state index contributed by atoms with van der Waals surface area (Å²) in [6, 6.07) is 26.7. The topological polar surface area (TPSA) is 34.1 Å². The summed E-state index contributed by atoms with van der Waals surface area (Å²) in [6.07, 6.45) is 1.84. The van der Waals surface area contributed by atoms with Crippen molar-refractivity contribution in [3.8, 4) is 16.9 Å². The van der Waals surface area contributed by atoms with Crippen LogP contribution in [0.5, 0.6) is 5.75 Å². The fourth-order valence-corrected chi connectivity index (χ4v) is 3.11. The number of nitrogens with zero attached hydrogens (tertiary/aromatic N) is 1. The lowest BCUT2D eigenvalue weighted by atomic mass is 10.00. The zero-order chi connectivity index (χ0) is 17.8. The lowest BCUT2D eigenvalue weighted by Gasteiger charge is -2.14. The van der Waals surface area contributed by atoms with Crippen LogP contribution in [0.3, 0.4) is 0 Å². The first-order valence-corrected chi connectivity index (χ1v) is 8.78. The summed E-state index contributed by atoms with van der Waals surface area (Å²) in [5, 5.41) is 4.66. The highest BCUT2D eigenvalue weighted by Crippen LogP contribution is 2.34. The summed E-state index contributed by atoms with van der Waals surface area (Å²) in [5.74, 6) is 0.879. The molecule has 3 nitrogen and oxygen atoms in total. The number of hydrogen-bond acceptors (Lipinski definition) is 3. The third kappa shape index (κ3) is 3.24. The number of benzene rings is 3. The molecule has 0 fully saturated rings. The number of para-hydroxylation sites is 2. The highest BCUT2D eigenvalue weighted by molar-refractivity contribution is 5.97. The largest absolute Gasteiger partial charge is 0.494 e. The van der Waals surface area contributed by atoms with Gasteiger partial charge in [0.1, 0.15) is 5.75 Å². The molecule has 0 spiro atoms. The Bertz CT molecular complexity index is 1020. The maximum absolute atomic E-state index is 5.52. The van der Waals surface area contributed by atoms with Crippen molar-refractivity contribution in [3.63, 3.8) is 0 Å². The molecule has 3 heteroatoms. The predicted molar refractivity (Wildman–Crippen MR) is 108 cm³/mol. The van der Waals surface area contributed by atoms with Crippen LogP contribution in [-0.2, 0) is 0 Å². The molecule has 4 rings (SSSR count). The second kappa shape index (κ2) is 7.28. The van der Waals surface area contributed by atoms with Crippen LogP contribution >= 0.6 is 0 Å². The van der Waals surface area contributed by atoms with E-state index in [1.807, 2.05) is 49.5 Å². The summed E-state index contributed by atoms with van der Waals surface area (Å²) >= 11 is 0. The standard InChI is InChI=1S/C23H20N2O/c1-2-26-19-14-12-18(13-15-19)25-22-11-4-3-9-20(22)21-10-5-7-17-8-6-16-24-23(17)21/h3-16,25H,2H2,1H3. The van der Waals surface area contributed by atoms with Crippen molar-refractivity contribution in [1.82, 2.24) is 4.98 Å². The summed E-state index contributed by atoms with van der Waals surface area (Å²) in [6.45, 7) is 2.66. The van der Waals surface area contributed by atoms with E-state index in [1.54, 1.807) is 0 Å². The van der Waals surface area contributed by atoms with Crippen molar-refractivity contribution >= 4 is 22.3 Å². The van der Waals surface area contributed by atoms with Crippen molar-refractivity contribution in [1.29, 1.82) is 0 Å². The number of aromatic nitrogens is 1. The molecule has 1 heterocycles. The fourth-order valence-electron chi connectivity index (χ4n) is 3.11. The summed E-state index contributed by atoms with van der Waals surface area (Å²) in [4.78, 5) is 4.59. The second-order valence-corrected chi connectivity index (χ2v) is 6.01. The van der Waals surface area contributed by atoms with Crippen LogP contribution in [0, 0.1) is 0 Å². The van der Waals surface area contributed by atoms with Crippen molar-refractivity contribution in [2.24, 2.45) is 0 Å². The van der Waals surface area contributed by atoms with Gasteiger partial charge in [-0.2, -0.15) is 0 Å². The first kappa shape index (κ1) is 16.2. The number of hydrogen-bond donors (Lipinski definition) is 1. The van der Waals surface area contributed by atoms with Gasteiger partial charge in [-0.25, -0.2) is 0 Å². The molecule has 128 valence electrons. The van der Waals surface area contributed by atoms with E-state index in [9.17, 15) is 0 Å². The van der Waals surface area contributed by atoms with E-state index >= 15 is 0 Å². The third-order valence-electron chi connectivity index (χ3n) is 4.29. The van der Waals surface area contributed by atoms with Crippen LogP contribution in [0.1, 0.15) is 6.92 Å². The van der Waals surface area contributed by atoms with Crippen LogP contribution < -0.4 is 10.1 Å². The quantitative estimate of drug-likeness (QED) is 0.480. The minimum absolute atomic E-state index is 0.670. The number of pyridine rings is 1. The molecule has 0 amide bonds. The molecule has 26 heavy (non-hydrogen) atoms. The van der Waals surface area contributed by atoms with Gasteiger partial charge in [-0.3, -0.25) is 4.98 Å². The Morgan fingerprint density at radius 1 is 0.808 bits per heavy atom. The Labute approximate surface area is 153 Å². The van der Waals surface area contributed by atoms with Crippen molar-refractivity contribution < 1.29 is 4.74 Å². The molecule has 3 aromatic carbocycles. The first-order valence-electron chi connectivity index (χ1n) is 8.78. The van der Waals surface area contributed by atoms with Crippen molar-refractivity contribution in [2.75, 3.05) is 11.9 Å². The van der Waals surface area contributed by atoms with Gasteiger partial charge in [-0.1, -0.05) is 42.5 Å². The molecular weight excluding hydrogens is 320 g/mol. The predicted octanol–water partition coefficient (Wildman–Crippen LogP) is 6.04. The van der Waals surface area contributed by atoms with Gasteiger partial charge in [-0.05, 0) is 43.3 Å². The van der Waals surface area contributed by atoms with E-state index in [2.05, 4.69) is 52.8 Å². The zero-order valence-corrected chi connectivity index (χ0v) is 14.6. The smallest absolute Gasteiger partial charge is 0.119 e. The van der Waals surface area contributed by atoms with E-state index in [1.165, 1.54) is 0 Å². The average Bonchev–Trinajstić information content (AvgIpc) is 2.70. The Morgan fingerprint density at radius 3 is 2.42 bits per heavy atom. The molecule has 1 N–H and O–H groups in total. The van der Waals surface area contributed by atoms with E-state index in [0.717, 1.165) is 39.2 Å². The highest BCUT2D eigenvalue weighted by Gasteiger charge is 2.09. The molecule has 0 unspecified atom stereocenters. The monoisotopic (exact) mass is 340 g/mol. The lowest BCUT2D eigenvalue weighted by molar-refractivity contribution is 0.340. The molecule has 0 atom stereocenters. The highest BCUT2D eigenvalue weighted by atomic mass is 16.5. The van der Waals surface area contributed by atoms with E-state index in [4.69, 9.17) is 4.74 Å². The number of nitrogens with one attached hydrogen (secondary N) is 1. The molecular formula is C23H20N2O.